The van der Waals surface area contributed by atoms with Gasteiger partial charge < -0.3 is 10.6 Å². The van der Waals surface area contributed by atoms with Gasteiger partial charge in [-0.2, -0.15) is 11.8 Å². The molecule has 4 heteroatoms. The summed E-state index contributed by atoms with van der Waals surface area (Å²) in [6.07, 6.45) is 4.38. The molecule has 94 valence electrons. The number of hydrogen-bond donors (Lipinski definition) is 2. The molecule has 1 aliphatic rings. The van der Waals surface area contributed by atoms with Crippen LogP contribution in [0.25, 0.3) is 0 Å². The summed E-state index contributed by atoms with van der Waals surface area (Å²) >= 11 is 2.06. The largest absolute Gasteiger partial charge is 0.370 e. The molecule has 0 amide bonds. The van der Waals surface area contributed by atoms with Crippen LogP contribution in [0.2, 0.25) is 0 Å². The highest BCUT2D eigenvalue weighted by Crippen LogP contribution is 2.16. The molecule has 1 saturated heterocycles. The van der Waals surface area contributed by atoms with Crippen molar-refractivity contribution in [2.75, 3.05) is 29.9 Å². The Morgan fingerprint density at radius 2 is 2.35 bits per heavy atom. The van der Waals surface area contributed by atoms with Gasteiger partial charge in [0.15, 0.2) is 0 Å². The van der Waals surface area contributed by atoms with Crippen molar-refractivity contribution in [3.05, 3.63) is 23.9 Å². The molecule has 0 saturated carbocycles. The molecule has 0 spiro atoms. The van der Waals surface area contributed by atoms with Crippen molar-refractivity contribution < 1.29 is 0 Å². The number of rotatable bonds is 6. The molecule has 1 aromatic rings. The van der Waals surface area contributed by atoms with Crippen molar-refractivity contribution >= 4 is 17.6 Å². The van der Waals surface area contributed by atoms with Crippen molar-refractivity contribution in [2.45, 2.75) is 25.8 Å². The maximum absolute atomic E-state index is 4.32. The predicted molar refractivity (Wildman–Crippen MR) is 75.8 cm³/mol. The van der Waals surface area contributed by atoms with Gasteiger partial charge in [0, 0.05) is 24.5 Å². The Bertz CT molecular complexity index is 320. The molecule has 2 heterocycles. The topological polar surface area (TPSA) is 37.0 Å². The number of nitrogens with zero attached hydrogens (tertiary/aromatic N) is 1. The average molecular weight is 251 g/mol. The van der Waals surface area contributed by atoms with Crippen molar-refractivity contribution in [3.8, 4) is 0 Å². The predicted octanol–water partition coefficient (Wildman–Crippen LogP) is 2.29. The van der Waals surface area contributed by atoms with Crippen LogP contribution in [0.4, 0.5) is 5.82 Å². The number of aromatic nitrogens is 1. The van der Waals surface area contributed by atoms with Gasteiger partial charge in [0.2, 0.25) is 0 Å². The molecule has 1 fully saturated rings. The quantitative estimate of drug-likeness (QED) is 0.761. The lowest BCUT2D eigenvalue weighted by Gasteiger charge is -2.11. The number of nitrogens with one attached hydrogen (secondary N) is 2. The molecule has 2 rings (SSSR count). The van der Waals surface area contributed by atoms with Gasteiger partial charge in [0.05, 0.1) is 0 Å². The molecule has 1 unspecified atom stereocenters. The Hall–Kier alpha value is -0.740. The highest BCUT2D eigenvalue weighted by Gasteiger charge is 2.13. The molecular weight excluding hydrogens is 230 g/mol. The van der Waals surface area contributed by atoms with Crippen LogP contribution in [0.15, 0.2) is 18.3 Å². The Labute approximate surface area is 108 Å². The van der Waals surface area contributed by atoms with Gasteiger partial charge in [-0.05, 0) is 43.7 Å². The van der Waals surface area contributed by atoms with Crippen molar-refractivity contribution in [3.63, 3.8) is 0 Å². The van der Waals surface area contributed by atoms with E-state index in [4.69, 9.17) is 0 Å². The van der Waals surface area contributed by atoms with E-state index < -0.39 is 0 Å². The summed E-state index contributed by atoms with van der Waals surface area (Å²) in [5, 5.41) is 6.94. The van der Waals surface area contributed by atoms with E-state index in [1.54, 1.807) is 0 Å². The van der Waals surface area contributed by atoms with Crippen molar-refractivity contribution in [2.24, 2.45) is 0 Å². The fraction of sp³-hybridized carbons (Fsp3) is 0.615. The first-order chi connectivity index (χ1) is 8.34. The summed E-state index contributed by atoms with van der Waals surface area (Å²) in [6.45, 7) is 4.15. The molecule has 2 N–H and O–H groups in total. The molecule has 3 nitrogen and oxygen atoms in total. The zero-order valence-electron chi connectivity index (χ0n) is 10.4. The third-order valence-corrected chi connectivity index (χ3v) is 4.10. The van der Waals surface area contributed by atoms with Gasteiger partial charge in [0.1, 0.15) is 5.82 Å². The zero-order chi connectivity index (χ0) is 11.9. The second kappa shape index (κ2) is 6.87. The minimum absolute atomic E-state index is 0.748. The third-order valence-electron chi connectivity index (χ3n) is 2.93. The van der Waals surface area contributed by atoms with Crippen LogP contribution in [0, 0.1) is 6.92 Å². The van der Waals surface area contributed by atoms with Gasteiger partial charge in [0.25, 0.3) is 0 Å². The van der Waals surface area contributed by atoms with Gasteiger partial charge in [-0.1, -0.05) is 6.07 Å². The maximum atomic E-state index is 4.32. The van der Waals surface area contributed by atoms with E-state index in [-0.39, 0.29) is 0 Å². The summed E-state index contributed by atoms with van der Waals surface area (Å²) in [5.74, 6) is 3.59. The van der Waals surface area contributed by atoms with E-state index in [1.807, 2.05) is 12.3 Å². The van der Waals surface area contributed by atoms with Crippen LogP contribution < -0.4 is 10.6 Å². The highest BCUT2D eigenvalue weighted by molar-refractivity contribution is 7.99. The number of thioether (sulfide) groups is 1. The van der Waals surface area contributed by atoms with Crippen LogP contribution in [-0.4, -0.2) is 35.6 Å². The minimum atomic E-state index is 0.748. The van der Waals surface area contributed by atoms with Crippen molar-refractivity contribution in [1.82, 2.24) is 10.3 Å². The number of pyridine rings is 1. The van der Waals surface area contributed by atoms with Crippen LogP contribution in [-0.2, 0) is 0 Å². The van der Waals surface area contributed by atoms with E-state index in [1.165, 1.54) is 23.5 Å². The lowest BCUT2D eigenvalue weighted by Crippen LogP contribution is -2.30. The Morgan fingerprint density at radius 3 is 3.06 bits per heavy atom. The van der Waals surface area contributed by atoms with Gasteiger partial charge in [-0.3, -0.25) is 0 Å². The lowest BCUT2D eigenvalue weighted by atomic mass is 10.2. The second-order valence-electron chi connectivity index (χ2n) is 4.52. The molecular formula is C13H21N3S. The molecule has 17 heavy (non-hydrogen) atoms. The SMILES string of the molecule is Cc1ccc(NCCCNC2CCSC2)nc1. The summed E-state index contributed by atoms with van der Waals surface area (Å²) < 4.78 is 0. The zero-order valence-corrected chi connectivity index (χ0v) is 11.2. The minimum Gasteiger partial charge on any atom is -0.370 e. The Kier molecular flexibility index (Phi) is 5.13. The van der Waals surface area contributed by atoms with Crippen LogP contribution in [0.1, 0.15) is 18.4 Å². The van der Waals surface area contributed by atoms with E-state index in [9.17, 15) is 0 Å². The summed E-state index contributed by atoms with van der Waals surface area (Å²) in [5.41, 5.74) is 1.20. The monoisotopic (exact) mass is 251 g/mol. The smallest absolute Gasteiger partial charge is 0.125 e. The summed E-state index contributed by atoms with van der Waals surface area (Å²) in [4.78, 5) is 4.32. The second-order valence-corrected chi connectivity index (χ2v) is 5.67. The molecule has 1 aliphatic heterocycles. The highest BCUT2D eigenvalue weighted by atomic mass is 32.2. The van der Waals surface area contributed by atoms with E-state index in [0.29, 0.717) is 0 Å². The molecule has 1 atom stereocenters. The first-order valence-corrected chi connectivity index (χ1v) is 7.48. The third kappa shape index (κ3) is 4.56. The van der Waals surface area contributed by atoms with Crippen LogP contribution in [0.5, 0.6) is 0 Å². The molecule has 1 aromatic heterocycles. The average Bonchev–Trinajstić information content (AvgIpc) is 2.84. The van der Waals surface area contributed by atoms with E-state index in [2.05, 4.69) is 40.4 Å². The first kappa shape index (κ1) is 12.7. The van der Waals surface area contributed by atoms with Gasteiger partial charge in [-0.15, -0.1) is 0 Å². The van der Waals surface area contributed by atoms with Gasteiger partial charge >= 0.3 is 0 Å². The number of aryl methyl sites for hydroxylation is 1. The van der Waals surface area contributed by atoms with Gasteiger partial charge in [-0.25, -0.2) is 4.98 Å². The standard InChI is InChI=1S/C13H21N3S/c1-11-3-4-13(16-9-11)15-7-2-6-14-12-5-8-17-10-12/h3-4,9,12,14H,2,5-8,10H2,1H3,(H,15,16). The maximum Gasteiger partial charge on any atom is 0.125 e. The number of hydrogen-bond acceptors (Lipinski definition) is 4. The summed E-state index contributed by atoms with van der Waals surface area (Å²) in [7, 11) is 0. The molecule has 0 radical (unpaired) electrons. The fourth-order valence-corrected chi connectivity index (χ4v) is 3.07. The Morgan fingerprint density at radius 1 is 1.41 bits per heavy atom. The van der Waals surface area contributed by atoms with Crippen molar-refractivity contribution in [1.29, 1.82) is 0 Å². The van der Waals surface area contributed by atoms with E-state index >= 15 is 0 Å². The van der Waals surface area contributed by atoms with Crippen LogP contribution >= 0.6 is 11.8 Å². The van der Waals surface area contributed by atoms with Crippen LogP contribution in [0.3, 0.4) is 0 Å². The molecule has 0 aliphatic carbocycles. The molecule has 0 bridgehead atoms. The van der Waals surface area contributed by atoms with E-state index in [0.717, 1.165) is 31.4 Å². The normalized spacial score (nSPS) is 19.5. The fourth-order valence-electron chi connectivity index (χ4n) is 1.88. The Balaban J connectivity index is 1.55. The summed E-state index contributed by atoms with van der Waals surface area (Å²) in [6, 6.07) is 4.87. The lowest BCUT2D eigenvalue weighted by molar-refractivity contribution is 0.550. The molecule has 0 aromatic carbocycles. The first-order valence-electron chi connectivity index (χ1n) is 6.32. The number of anilines is 1.